The fourth-order valence-electron chi connectivity index (χ4n) is 2.65. The first-order valence-electron chi connectivity index (χ1n) is 7.15. The number of hydrogen-bond acceptors (Lipinski definition) is 1. The molecule has 0 unspecified atom stereocenters. The van der Waals surface area contributed by atoms with Crippen LogP contribution in [0.4, 0.5) is 0 Å². The summed E-state index contributed by atoms with van der Waals surface area (Å²) in [7, 11) is 0. The normalized spacial score (nSPS) is 10.4. The quantitative estimate of drug-likeness (QED) is 0.734. The van der Waals surface area contributed by atoms with Crippen molar-refractivity contribution in [3.05, 3.63) is 83.9 Å². The molecule has 3 aromatic rings. The predicted octanol–water partition coefficient (Wildman–Crippen LogP) is 5.03. The van der Waals surface area contributed by atoms with Crippen molar-refractivity contribution >= 4 is 5.97 Å². The van der Waals surface area contributed by atoms with E-state index in [2.05, 4.69) is 0 Å². The molecule has 0 saturated carbocycles. The van der Waals surface area contributed by atoms with Crippen LogP contribution in [0.15, 0.2) is 72.8 Å². The zero-order valence-electron chi connectivity index (χ0n) is 12.3. The molecule has 22 heavy (non-hydrogen) atoms. The van der Waals surface area contributed by atoms with Gasteiger partial charge in [-0.05, 0) is 46.9 Å². The van der Waals surface area contributed by atoms with Crippen LogP contribution in [-0.4, -0.2) is 11.1 Å². The number of carboxylic acids is 1. The van der Waals surface area contributed by atoms with Crippen LogP contribution in [0, 0.1) is 6.92 Å². The molecule has 0 bridgehead atoms. The SMILES string of the molecule is Cc1cc(-c2ccccc2)c(-c2ccccc2)cc1C(=O)O. The number of carbonyl (C=O) groups is 1. The molecule has 0 fully saturated rings. The van der Waals surface area contributed by atoms with Crippen molar-refractivity contribution in [1.29, 1.82) is 0 Å². The van der Waals surface area contributed by atoms with Gasteiger partial charge in [0.05, 0.1) is 5.56 Å². The first-order valence-corrected chi connectivity index (χ1v) is 7.15. The lowest BCUT2D eigenvalue weighted by Crippen LogP contribution is -2.01. The third kappa shape index (κ3) is 2.63. The summed E-state index contributed by atoms with van der Waals surface area (Å²) in [5, 5.41) is 9.40. The maximum Gasteiger partial charge on any atom is 0.335 e. The average Bonchev–Trinajstić information content (AvgIpc) is 2.56. The molecule has 0 saturated heterocycles. The second kappa shape index (κ2) is 5.86. The van der Waals surface area contributed by atoms with E-state index in [1.807, 2.05) is 73.7 Å². The molecular formula is C20H16O2. The molecule has 0 amide bonds. The molecule has 0 aliphatic heterocycles. The van der Waals surface area contributed by atoms with Gasteiger partial charge in [-0.3, -0.25) is 0 Å². The van der Waals surface area contributed by atoms with Crippen LogP contribution in [0.25, 0.3) is 22.3 Å². The highest BCUT2D eigenvalue weighted by Gasteiger charge is 2.14. The highest BCUT2D eigenvalue weighted by Crippen LogP contribution is 2.34. The first-order chi connectivity index (χ1) is 10.7. The molecule has 0 atom stereocenters. The molecule has 3 rings (SSSR count). The van der Waals surface area contributed by atoms with Gasteiger partial charge in [-0.2, -0.15) is 0 Å². The number of aromatic carboxylic acids is 1. The van der Waals surface area contributed by atoms with Crippen molar-refractivity contribution in [1.82, 2.24) is 0 Å². The Morgan fingerprint density at radius 3 is 1.68 bits per heavy atom. The van der Waals surface area contributed by atoms with E-state index in [0.717, 1.165) is 27.8 Å². The van der Waals surface area contributed by atoms with E-state index in [0.29, 0.717) is 5.56 Å². The Morgan fingerprint density at radius 1 is 0.773 bits per heavy atom. The van der Waals surface area contributed by atoms with E-state index >= 15 is 0 Å². The van der Waals surface area contributed by atoms with Crippen LogP contribution in [0.3, 0.4) is 0 Å². The van der Waals surface area contributed by atoms with Gasteiger partial charge in [0.1, 0.15) is 0 Å². The van der Waals surface area contributed by atoms with E-state index in [1.54, 1.807) is 6.07 Å². The van der Waals surface area contributed by atoms with Gasteiger partial charge in [-0.1, -0.05) is 60.7 Å². The smallest absolute Gasteiger partial charge is 0.335 e. The van der Waals surface area contributed by atoms with Crippen molar-refractivity contribution in [3.8, 4) is 22.3 Å². The Labute approximate surface area is 129 Å². The molecular weight excluding hydrogens is 272 g/mol. The summed E-state index contributed by atoms with van der Waals surface area (Å²) < 4.78 is 0. The van der Waals surface area contributed by atoms with Crippen molar-refractivity contribution < 1.29 is 9.90 Å². The van der Waals surface area contributed by atoms with Crippen LogP contribution in [0.5, 0.6) is 0 Å². The topological polar surface area (TPSA) is 37.3 Å². The standard InChI is InChI=1S/C20H16O2/c1-14-12-18(15-8-4-2-5-9-15)19(13-17(14)20(21)22)16-10-6-3-7-11-16/h2-13H,1H3,(H,21,22). The van der Waals surface area contributed by atoms with Gasteiger partial charge in [-0.25, -0.2) is 4.79 Å². The summed E-state index contributed by atoms with van der Waals surface area (Å²) >= 11 is 0. The van der Waals surface area contributed by atoms with Crippen LogP contribution >= 0.6 is 0 Å². The molecule has 0 aromatic heterocycles. The Bertz CT molecular complexity index is 806. The summed E-state index contributed by atoms with van der Waals surface area (Å²) in [6, 6.07) is 23.7. The Balaban J connectivity index is 2.29. The van der Waals surface area contributed by atoms with Gasteiger partial charge >= 0.3 is 5.97 Å². The third-order valence-corrected chi connectivity index (χ3v) is 3.76. The molecule has 1 N–H and O–H groups in total. The second-order valence-electron chi connectivity index (χ2n) is 5.25. The van der Waals surface area contributed by atoms with Crippen LogP contribution in [0.1, 0.15) is 15.9 Å². The lowest BCUT2D eigenvalue weighted by Gasteiger charge is -2.14. The lowest BCUT2D eigenvalue weighted by atomic mass is 9.90. The minimum Gasteiger partial charge on any atom is -0.478 e. The molecule has 0 aliphatic carbocycles. The summed E-state index contributed by atoms with van der Waals surface area (Å²) in [4.78, 5) is 11.5. The number of aryl methyl sites for hydroxylation is 1. The van der Waals surface area contributed by atoms with Crippen molar-refractivity contribution in [2.24, 2.45) is 0 Å². The molecule has 108 valence electrons. The summed E-state index contributed by atoms with van der Waals surface area (Å²) in [6.45, 7) is 1.84. The monoisotopic (exact) mass is 288 g/mol. The van der Waals surface area contributed by atoms with Crippen molar-refractivity contribution in [3.63, 3.8) is 0 Å². The maximum atomic E-state index is 11.5. The number of benzene rings is 3. The van der Waals surface area contributed by atoms with E-state index in [1.165, 1.54) is 0 Å². The molecule has 2 nitrogen and oxygen atoms in total. The van der Waals surface area contributed by atoms with E-state index in [4.69, 9.17) is 0 Å². The Morgan fingerprint density at radius 2 is 1.23 bits per heavy atom. The van der Waals surface area contributed by atoms with E-state index < -0.39 is 5.97 Å². The largest absolute Gasteiger partial charge is 0.478 e. The second-order valence-corrected chi connectivity index (χ2v) is 5.25. The fourth-order valence-corrected chi connectivity index (χ4v) is 2.65. The lowest BCUT2D eigenvalue weighted by molar-refractivity contribution is 0.0696. The maximum absolute atomic E-state index is 11.5. The van der Waals surface area contributed by atoms with Crippen molar-refractivity contribution in [2.75, 3.05) is 0 Å². The first kappa shape index (κ1) is 14.1. The van der Waals surface area contributed by atoms with Crippen LogP contribution in [0.2, 0.25) is 0 Å². The number of rotatable bonds is 3. The predicted molar refractivity (Wildman–Crippen MR) is 89.0 cm³/mol. The van der Waals surface area contributed by atoms with E-state index in [-0.39, 0.29) is 0 Å². The van der Waals surface area contributed by atoms with Crippen LogP contribution in [-0.2, 0) is 0 Å². The van der Waals surface area contributed by atoms with Crippen LogP contribution < -0.4 is 0 Å². The summed E-state index contributed by atoms with van der Waals surface area (Å²) in [5.74, 6) is -0.894. The Kier molecular flexibility index (Phi) is 3.75. The summed E-state index contributed by atoms with van der Waals surface area (Å²) in [5.41, 5.74) is 5.21. The summed E-state index contributed by atoms with van der Waals surface area (Å²) in [6.07, 6.45) is 0. The highest BCUT2D eigenvalue weighted by atomic mass is 16.4. The number of carboxylic acid groups (broad SMARTS) is 1. The average molecular weight is 288 g/mol. The molecule has 0 spiro atoms. The minimum atomic E-state index is -0.894. The van der Waals surface area contributed by atoms with Gasteiger partial charge < -0.3 is 5.11 Å². The molecule has 0 aliphatic rings. The molecule has 2 heteroatoms. The molecule has 0 heterocycles. The van der Waals surface area contributed by atoms with E-state index in [9.17, 15) is 9.90 Å². The molecule has 0 radical (unpaired) electrons. The van der Waals surface area contributed by atoms with Crippen molar-refractivity contribution in [2.45, 2.75) is 6.92 Å². The minimum absolute atomic E-state index is 0.346. The fraction of sp³-hybridized carbons (Fsp3) is 0.0500. The van der Waals surface area contributed by atoms with Gasteiger partial charge in [-0.15, -0.1) is 0 Å². The number of hydrogen-bond donors (Lipinski definition) is 1. The van der Waals surface area contributed by atoms with Gasteiger partial charge in [0, 0.05) is 0 Å². The molecule has 3 aromatic carbocycles. The highest BCUT2D eigenvalue weighted by molar-refractivity contribution is 5.95. The Hall–Kier alpha value is -2.87. The van der Waals surface area contributed by atoms with Gasteiger partial charge in [0.25, 0.3) is 0 Å². The van der Waals surface area contributed by atoms with Gasteiger partial charge in [0.2, 0.25) is 0 Å². The third-order valence-electron chi connectivity index (χ3n) is 3.76. The zero-order chi connectivity index (χ0) is 15.5. The zero-order valence-corrected chi connectivity index (χ0v) is 12.3. The van der Waals surface area contributed by atoms with Gasteiger partial charge in [0.15, 0.2) is 0 Å².